The topological polar surface area (TPSA) is 56.7 Å². The van der Waals surface area contributed by atoms with Gasteiger partial charge in [0.15, 0.2) is 5.65 Å². The van der Waals surface area contributed by atoms with E-state index in [2.05, 4.69) is 35.3 Å². The Morgan fingerprint density at radius 2 is 1.89 bits per heavy atom. The monoisotopic (exact) mass is 280 g/mol. The molecule has 0 aliphatic carbocycles. The smallest absolute Gasteiger partial charge is 0.160 e. The summed E-state index contributed by atoms with van der Waals surface area (Å²) in [6, 6.07) is 1.85. The number of hydrogen-bond donors (Lipinski definition) is 1. The summed E-state index contributed by atoms with van der Waals surface area (Å²) >= 11 is 5.99. The molecule has 0 fully saturated rings. The Hall–Kier alpha value is -1.13. The Kier molecular flexibility index (Phi) is 3.35. The molecule has 4 nitrogen and oxygen atoms in total. The molecule has 0 spiro atoms. The number of halogens is 1. The van der Waals surface area contributed by atoms with E-state index in [0.717, 1.165) is 17.0 Å². The average molecular weight is 281 g/mol. The zero-order valence-electron chi connectivity index (χ0n) is 12.2. The van der Waals surface area contributed by atoms with Gasteiger partial charge in [0.05, 0.1) is 5.02 Å². The summed E-state index contributed by atoms with van der Waals surface area (Å²) in [5.74, 6) is 0.982. The second-order valence-corrected chi connectivity index (χ2v) is 7.19. The van der Waals surface area contributed by atoms with E-state index in [-0.39, 0.29) is 11.0 Å². The number of fused-ring (bicyclic) bond motifs is 1. The van der Waals surface area contributed by atoms with E-state index < -0.39 is 0 Å². The van der Waals surface area contributed by atoms with Crippen LogP contribution in [0.2, 0.25) is 5.02 Å². The Bertz CT molecular complexity index is 602. The second kappa shape index (κ2) is 4.46. The molecule has 0 saturated heterocycles. The molecule has 2 N–H and O–H groups in total. The van der Waals surface area contributed by atoms with Gasteiger partial charge in [0.2, 0.25) is 0 Å². The summed E-state index contributed by atoms with van der Waals surface area (Å²) in [6.07, 6.45) is 1.65. The maximum absolute atomic E-state index is 6.16. The van der Waals surface area contributed by atoms with E-state index in [1.54, 1.807) is 6.20 Å². The van der Waals surface area contributed by atoms with E-state index in [1.807, 2.05) is 19.9 Å². The second-order valence-electron chi connectivity index (χ2n) is 6.76. The van der Waals surface area contributed by atoms with Gasteiger partial charge in [-0.05, 0) is 19.9 Å². The minimum atomic E-state index is -0.324. The van der Waals surface area contributed by atoms with Crippen LogP contribution in [0.1, 0.15) is 40.4 Å². The van der Waals surface area contributed by atoms with Gasteiger partial charge in [-0.2, -0.15) is 0 Å². The molecule has 2 heterocycles. The highest BCUT2D eigenvalue weighted by atomic mass is 35.5. The van der Waals surface area contributed by atoms with Gasteiger partial charge in [-0.25, -0.2) is 9.97 Å². The van der Waals surface area contributed by atoms with Gasteiger partial charge in [0.1, 0.15) is 11.3 Å². The molecule has 2 aromatic heterocycles. The third kappa shape index (κ3) is 3.07. The fourth-order valence-electron chi connectivity index (χ4n) is 2.12. The van der Waals surface area contributed by atoms with Crippen molar-refractivity contribution in [3.63, 3.8) is 0 Å². The maximum Gasteiger partial charge on any atom is 0.160 e. The summed E-state index contributed by atoms with van der Waals surface area (Å²) in [4.78, 5) is 9.10. The molecule has 0 aliphatic heterocycles. The van der Waals surface area contributed by atoms with E-state index in [0.29, 0.717) is 11.6 Å². The zero-order chi connectivity index (χ0) is 14.4. The summed E-state index contributed by atoms with van der Waals surface area (Å²) in [5.41, 5.74) is 7.42. The van der Waals surface area contributed by atoms with Crippen LogP contribution in [0.15, 0.2) is 12.3 Å². The molecule has 0 bridgehead atoms. The van der Waals surface area contributed by atoms with Gasteiger partial charge >= 0.3 is 0 Å². The fraction of sp³-hybridized carbons (Fsp3) is 0.571. The van der Waals surface area contributed by atoms with Crippen LogP contribution in [0.5, 0.6) is 0 Å². The van der Waals surface area contributed by atoms with Crippen molar-refractivity contribution in [1.82, 2.24) is 14.5 Å². The first-order valence-electron chi connectivity index (χ1n) is 6.39. The number of imidazole rings is 1. The van der Waals surface area contributed by atoms with E-state index in [1.165, 1.54) is 0 Å². The number of hydrogen-bond acceptors (Lipinski definition) is 3. The normalized spacial score (nSPS) is 13.2. The van der Waals surface area contributed by atoms with E-state index >= 15 is 0 Å². The molecule has 0 aromatic carbocycles. The molecule has 0 amide bonds. The first-order chi connectivity index (χ1) is 8.58. The predicted molar refractivity (Wildman–Crippen MR) is 79.5 cm³/mol. The summed E-state index contributed by atoms with van der Waals surface area (Å²) in [5, 5.41) is 0.601. The zero-order valence-corrected chi connectivity index (χ0v) is 12.9. The largest absolute Gasteiger partial charge is 0.324 e. The Morgan fingerprint density at radius 3 is 2.42 bits per heavy atom. The van der Waals surface area contributed by atoms with Crippen molar-refractivity contribution >= 4 is 22.8 Å². The van der Waals surface area contributed by atoms with Crippen molar-refractivity contribution < 1.29 is 0 Å². The van der Waals surface area contributed by atoms with Crippen LogP contribution in [0, 0.1) is 0 Å². The molecule has 104 valence electrons. The van der Waals surface area contributed by atoms with Crippen LogP contribution in [0.4, 0.5) is 0 Å². The number of nitrogens with zero attached hydrogens (tertiary/aromatic N) is 3. The van der Waals surface area contributed by atoms with E-state index in [9.17, 15) is 0 Å². The third-order valence-corrected chi connectivity index (χ3v) is 2.99. The Labute approximate surface area is 119 Å². The number of nitrogens with two attached hydrogens (primary N) is 1. The van der Waals surface area contributed by atoms with Gasteiger partial charge in [0, 0.05) is 23.7 Å². The van der Waals surface area contributed by atoms with Crippen LogP contribution < -0.4 is 5.73 Å². The quantitative estimate of drug-likeness (QED) is 0.919. The van der Waals surface area contributed by atoms with Gasteiger partial charge in [0.25, 0.3) is 0 Å². The minimum absolute atomic E-state index is 0.0710. The van der Waals surface area contributed by atoms with Crippen molar-refractivity contribution in [2.45, 2.75) is 52.1 Å². The molecular weight excluding hydrogens is 260 g/mol. The van der Waals surface area contributed by atoms with Crippen molar-refractivity contribution in [2.75, 3.05) is 0 Å². The predicted octanol–water partition coefficient (Wildman–Crippen LogP) is 3.12. The molecule has 0 radical (unpaired) electrons. The summed E-state index contributed by atoms with van der Waals surface area (Å²) in [6.45, 7) is 11.1. The molecule has 0 atom stereocenters. The highest BCUT2D eigenvalue weighted by Crippen LogP contribution is 2.27. The molecule has 5 heteroatoms. The lowest BCUT2D eigenvalue weighted by Crippen LogP contribution is -2.38. The van der Waals surface area contributed by atoms with Gasteiger partial charge in [-0.1, -0.05) is 32.4 Å². The standard InChI is InChI=1S/C14H21ClN4/c1-13(2,3)12-18-10-6-9(15)7-17-11(10)19(12)8-14(4,5)16/h6-7H,8,16H2,1-5H3. The van der Waals surface area contributed by atoms with Crippen molar-refractivity contribution in [1.29, 1.82) is 0 Å². The number of pyridine rings is 1. The first-order valence-corrected chi connectivity index (χ1v) is 6.77. The van der Waals surface area contributed by atoms with Gasteiger partial charge in [-0.3, -0.25) is 0 Å². The molecular formula is C14H21ClN4. The minimum Gasteiger partial charge on any atom is -0.324 e. The van der Waals surface area contributed by atoms with Crippen molar-refractivity contribution in [3.8, 4) is 0 Å². The highest BCUT2D eigenvalue weighted by molar-refractivity contribution is 6.31. The molecule has 0 aliphatic rings. The van der Waals surface area contributed by atoms with Crippen molar-refractivity contribution in [3.05, 3.63) is 23.1 Å². The highest BCUT2D eigenvalue weighted by Gasteiger charge is 2.26. The lowest BCUT2D eigenvalue weighted by molar-refractivity contribution is 0.406. The molecule has 2 rings (SSSR count). The SMILES string of the molecule is CC(C)(N)Cn1c(C(C)(C)C)nc2cc(Cl)cnc21. The lowest BCUT2D eigenvalue weighted by Gasteiger charge is -2.25. The van der Waals surface area contributed by atoms with Crippen LogP contribution in [0.3, 0.4) is 0 Å². The first kappa shape index (κ1) is 14.3. The van der Waals surface area contributed by atoms with Crippen LogP contribution in [-0.4, -0.2) is 20.1 Å². The van der Waals surface area contributed by atoms with Crippen LogP contribution >= 0.6 is 11.6 Å². The average Bonchev–Trinajstić information content (AvgIpc) is 2.53. The summed E-state index contributed by atoms with van der Waals surface area (Å²) in [7, 11) is 0. The molecule has 0 unspecified atom stereocenters. The Morgan fingerprint density at radius 1 is 1.26 bits per heavy atom. The molecule has 19 heavy (non-hydrogen) atoms. The fourth-order valence-corrected chi connectivity index (χ4v) is 2.27. The van der Waals surface area contributed by atoms with Gasteiger partial charge in [-0.15, -0.1) is 0 Å². The number of aromatic nitrogens is 3. The third-order valence-electron chi connectivity index (χ3n) is 2.79. The van der Waals surface area contributed by atoms with Crippen LogP contribution in [-0.2, 0) is 12.0 Å². The van der Waals surface area contributed by atoms with E-state index in [4.69, 9.17) is 17.3 Å². The molecule has 0 saturated carbocycles. The van der Waals surface area contributed by atoms with Crippen molar-refractivity contribution in [2.24, 2.45) is 5.73 Å². The Balaban J connectivity index is 2.69. The summed E-state index contributed by atoms with van der Waals surface area (Å²) < 4.78 is 2.10. The van der Waals surface area contributed by atoms with Crippen LogP contribution in [0.25, 0.3) is 11.2 Å². The lowest BCUT2D eigenvalue weighted by atomic mass is 9.95. The number of rotatable bonds is 2. The molecule has 2 aromatic rings. The maximum atomic E-state index is 6.16. The van der Waals surface area contributed by atoms with Gasteiger partial charge < -0.3 is 10.3 Å².